The number of halogens is 7. The number of hydrogen-bond acceptors (Lipinski definition) is 5. The van der Waals surface area contributed by atoms with E-state index >= 15 is 0 Å². The molecule has 0 unspecified atom stereocenters. The minimum Gasteiger partial charge on any atom is -0.492 e. The van der Waals surface area contributed by atoms with Gasteiger partial charge in [0.1, 0.15) is 24.2 Å². The third kappa shape index (κ3) is 4.58. The van der Waals surface area contributed by atoms with E-state index in [0.29, 0.717) is 18.2 Å². The number of ether oxygens (including phenoxy) is 2. The van der Waals surface area contributed by atoms with Gasteiger partial charge in [-0.2, -0.15) is 31.6 Å². The Kier molecular flexibility index (Phi) is 5.98. The Hall–Kier alpha value is -3.82. The van der Waals surface area contributed by atoms with Gasteiger partial charge in [-0.15, -0.1) is 5.10 Å². The summed E-state index contributed by atoms with van der Waals surface area (Å²) in [6.07, 6.45) is -9.84. The zero-order chi connectivity index (χ0) is 23.7. The van der Waals surface area contributed by atoms with Gasteiger partial charge in [0.15, 0.2) is 17.2 Å². The van der Waals surface area contributed by atoms with E-state index in [9.17, 15) is 30.7 Å². The second kappa shape index (κ2) is 8.37. The van der Waals surface area contributed by atoms with Crippen LogP contribution in [0.4, 0.5) is 30.7 Å². The molecule has 0 aliphatic heterocycles. The Morgan fingerprint density at radius 3 is 2.38 bits per heavy atom. The molecule has 168 valence electrons. The standard InChI is InChI=1S/C19H11F7N4O2/c1-31-17-12(16-14(7-27)28-30-29-16)5-11(20)6-15(17)32-8-9-4-10(18(21,22)23)2-3-13(9)19(24,25)26/h2-6H,8H2,1H3,(H,28,29,30). The van der Waals surface area contributed by atoms with Gasteiger partial charge in [-0.25, -0.2) is 9.49 Å². The number of rotatable bonds is 5. The molecule has 6 nitrogen and oxygen atoms in total. The lowest BCUT2D eigenvalue weighted by molar-refractivity contribution is -0.142. The minimum atomic E-state index is -4.96. The normalized spacial score (nSPS) is 11.8. The van der Waals surface area contributed by atoms with Gasteiger partial charge in [0.05, 0.1) is 23.8 Å². The zero-order valence-electron chi connectivity index (χ0n) is 15.9. The summed E-state index contributed by atoms with van der Waals surface area (Å²) in [5, 5.41) is 18.4. The van der Waals surface area contributed by atoms with Gasteiger partial charge < -0.3 is 9.47 Å². The first-order chi connectivity index (χ1) is 15.0. The van der Waals surface area contributed by atoms with Crippen LogP contribution in [0.3, 0.4) is 0 Å². The van der Waals surface area contributed by atoms with E-state index in [0.717, 1.165) is 19.2 Å². The van der Waals surface area contributed by atoms with Crippen molar-refractivity contribution in [1.29, 1.82) is 5.26 Å². The summed E-state index contributed by atoms with van der Waals surface area (Å²) in [4.78, 5) is 0. The number of alkyl halides is 6. The number of nitrogens with zero attached hydrogens (tertiary/aromatic N) is 3. The van der Waals surface area contributed by atoms with Gasteiger partial charge in [0.2, 0.25) is 0 Å². The molecule has 13 heteroatoms. The van der Waals surface area contributed by atoms with E-state index < -0.39 is 47.2 Å². The van der Waals surface area contributed by atoms with Crippen molar-refractivity contribution in [2.75, 3.05) is 7.11 Å². The fraction of sp³-hybridized carbons (Fsp3) is 0.211. The Labute approximate surface area is 175 Å². The minimum absolute atomic E-state index is 0.104. The van der Waals surface area contributed by atoms with E-state index in [2.05, 4.69) is 15.4 Å². The van der Waals surface area contributed by atoms with Gasteiger partial charge in [0.25, 0.3) is 0 Å². The second-order valence-corrected chi connectivity index (χ2v) is 6.29. The van der Waals surface area contributed by atoms with E-state index in [-0.39, 0.29) is 22.7 Å². The lowest BCUT2D eigenvalue weighted by Gasteiger charge is -2.18. The molecule has 1 heterocycles. The van der Waals surface area contributed by atoms with Gasteiger partial charge in [0, 0.05) is 11.6 Å². The lowest BCUT2D eigenvalue weighted by atomic mass is 10.0. The molecule has 1 aromatic heterocycles. The largest absolute Gasteiger partial charge is 0.492 e. The predicted octanol–water partition coefficient (Wildman–Crippen LogP) is 5.11. The summed E-state index contributed by atoms with van der Waals surface area (Å²) < 4.78 is 103. The topological polar surface area (TPSA) is 83.8 Å². The van der Waals surface area contributed by atoms with Crippen LogP contribution in [0.2, 0.25) is 0 Å². The molecule has 0 spiro atoms. The third-order valence-electron chi connectivity index (χ3n) is 4.26. The first-order valence-corrected chi connectivity index (χ1v) is 8.55. The van der Waals surface area contributed by atoms with Crippen molar-refractivity contribution in [3.05, 3.63) is 58.5 Å². The van der Waals surface area contributed by atoms with Crippen LogP contribution in [0.25, 0.3) is 11.3 Å². The number of aromatic nitrogens is 3. The summed E-state index contributed by atoms with van der Waals surface area (Å²) in [5.41, 5.74) is -3.85. The molecule has 0 saturated carbocycles. The maximum Gasteiger partial charge on any atom is 0.416 e. The number of aromatic amines is 1. The quantitative estimate of drug-likeness (QED) is 0.536. The van der Waals surface area contributed by atoms with Crippen molar-refractivity contribution in [3.8, 4) is 28.8 Å². The van der Waals surface area contributed by atoms with Gasteiger partial charge in [-0.05, 0) is 24.3 Å². The molecule has 3 aromatic rings. The average molecular weight is 460 g/mol. The highest BCUT2D eigenvalue weighted by molar-refractivity contribution is 5.74. The molecule has 0 radical (unpaired) electrons. The Morgan fingerprint density at radius 1 is 1.06 bits per heavy atom. The Morgan fingerprint density at radius 2 is 1.78 bits per heavy atom. The summed E-state index contributed by atoms with van der Waals surface area (Å²) in [7, 11) is 1.14. The van der Waals surface area contributed by atoms with Gasteiger partial charge in [-0.3, -0.25) is 0 Å². The van der Waals surface area contributed by atoms with Crippen LogP contribution in [0.1, 0.15) is 22.4 Å². The molecule has 0 saturated heterocycles. The molecule has 32 heavy (non-hydrogen) atoms. The van der Waals surface area contributed by atoms with Crippen LogP contribution in [-0.4, -0.2) is 22.5 Å². The Balaban J connectivity index is 2.05. The van der Waals surface area contributed by atoms with E-state index in [1.807, 2.05) is 0 Å². The van der Waals surface area contributed by atoms with Crippen LogP contribution < -0.4 is 9.47 Å². The number of nitrogens with one attached hydrogen (secondary N) is 1. The summed E-state index contributed by atoms with van der Waals surface area (Å²) >= 11 is 0. The predicted molar refractivity (Wildman–Crippen MR) is 93.8 cm³/mol. The molecule has 2 aromatic carbocycles. The maximum atomic E-state index is 14.2. The second-order valence-electron chi connectivity index (χ2n) is 6.29. The summed E-state index contributed by atoms with van der Waals surface area (Å²) in [6.45, 7) is -0.984. The SMILES string of the molecule is COc1c(OCc2cc(C(F)(F)F)ccc2C(F)(F)F)cc(F)cc1-c1nn[nH]c1C#N. The molecule has 0 aliphatic rings. The fourth-order valence-corrected chi connectivity index (χ4v) is 2.88. The fourth-order valence-electron chi connectivity index (χ4n) is 2.88. The zero-order valence-corrected chi connectivity index (χ0v) is 15.9. The van der Waals surface area contributed by atoms with Crippen molar-refractivity contribution < 1.29 is 40.2 Å². The number of hydrogen-bond donors (Lipinski definition) is 1. The van der Waals surface area contributed by atoms with Gasteiger partial charge >= 0.3 is 12.4 Å². The van der Waals surface area contributed by atoms with Crippen molar-refractivity contribution in [3.63, 3.8) is 0 Å². The van der Waals surface area contributed by atoms with Crippen LogP contribution in [0.15, 0.2) is 30.3 Å². The Bertz CT molecular complexity index is 1180. The van der Waals surface area contributed by atoms with E-state index in [1.54, 1.807) is 6.07 Å². The number of H-pyrrole nitrogens is 1. The number of benzene rings is 2. The molecule has 0 bridgehead atoms. The van der Waals surface area contributed by atoms with Crippen molar-refractivity contribution in [1.82, 2.24) is 15.4 Å². The summed E-state index contributed by atoms with van der Waals surface area (Å²) in [5.74, 6) is -1.56. The maximum absolute atomic E-state index is 14.2. The monoisotopic (exact) mass is 460 g/mol. The molecule has 0 aliphatic carbocycles. The van der Waals surface area contributed by atoms with Crippen LogP contribution >= 0.6 is 0 Å². The molecular weight excluding hydrogens is 449 g/mol. The van der Waals surface area contributed by atoms with Crippen molar-refractivity contribution in [2.45, 2.75) is 19.0 Å². The number of methoxy groups -OCH3 is 1. The molecular formula is C19H11F7N4O2. The lowest BCUT2D eigenvalue weighted by Crippen LogP contribution is -2.14. The highest BCUT2D eigenvalue weighted by Crippen LogP contribution is 2.41. The first kappa shape index (κ1) is 22.9. The van der Waals surface area contributed by atoms with Gasteiger partial charge in [-0.1, -0.05) is 5.21 Å². The average Bonchev–Trinajstić information content (AvgIpc) is 3.19. The van der Waals surface area contributed by atoms with E-state index in [4.69, 9.17) is 14.7 Å². The van der Waals surface area contributed by atoms with Crippen molar-refractivity contribution >= 4 is 0 Å². The smallest absolute Gasteiger partial charge is 0.416 e. The molecule has 0 fully saturated rings. The van der Waals surface area contributed by atoms with Crippen LogP contribution in [0.5, 0.6) is 11.5 Å². The molecule has 1 N–H and O–H groups in total. The molecule has 3 rings (SSSR count). The summed E-state index contributed by atoms with van der Waals surface area (Å²) in [6, 6.07) is 4.34. The molecule has 0 amide bonds. The van der Waals surface area contributed by atoms with E-state index in [1.165, 1.54) is 0 Å². The first-order valence-electron chi connectivity index (χ1n) is 8.55. The third-order valence-corrected chi connectivity index (χ3v) is 4.26. The van der Waals surface area contributed by atoms with Crippen molar-refractivity contribution in [2.24, 2.45) is 0 Å². The highest BCUT2D eigenvalue weighted by Gasteiger charge is 2.37. The molecule has 0 atom stereocenters. The highest BCUT2D eigenvalue weighted by atomic mass is 19.4. The number of nitriles is 1. The van der Waals surface area contributed by atoms with Crippen LogP contribution in [-0.2, 0) is 19.0 Å². The van der Waals surface area contributed by atoms with Crippen LogP contribution in [0, 0.1) is 17.1 Å².